The van der Waals surface area contributed by atoms with Crippen molar-refractivity contribution in [1.29, 1.82) is 0 Å². The van der Waals surface area contributed by atoms with Gasteiger partial charge in [0.15, 0.2) is 0 Å². The van der Waals surface area contributed by atoms with E-state index in [0.29, 0.717) is 0 Å². The number of carbonyl (C=O) groups is 1. The van der Waals surface area contributed by atoms with E-state index in [-0.39, 0.29) is 18.1 Å². The minimum atomic E-state index is -0.414. The van der Waals surface area contributed by atoms with E-state index in [4.69, 9.17) is 11.6 Å². The molecule has 0 aromatic heterocycles. The van der Waals surface area contributed by atoms with Crippen LogP contribution in [-0.2, 0) is 9.53 Å². The fourth-order valence-corrected chi connectivity index (χ4v) is 3.03. The van der Waals surface area contributed by atoms with Crippen molar-refractivity contribution in [3.8, 4) is 16.9 Å². The highest BCUT2D eigenvalue weighted by atomic mass is 35.5. The largest absolute Gasteiger partial charge is 0.507 e. The number of halogens is 1. The molecular weight excluding hydrogens is 324 g/mol. The number of phenolic OH excluding ortho intramolecular Hbond substituents is 1. The number of benzene rings is 3. The molecule has 24 heavy (non-hydrogen) atoms. The summed E-state index contributed by atoms with van der Waals surface area (Å²) in [7, 11) is 1.35. The predicted molar refractivity (Wildman–Crippen MR) is 96.3 cm³/mol. The summed E-state index contributed by atoms with van der Waals surface area (Å²) in [6, 6.07) is 19.1. The Balaban J connectivity index is 1.94. The average Bonchev–Trinajstić information content (AvgIpc) is 2.62. The Labute approximate surface area is 145 Å². The quantitative estimate of drug-likeness (QED) is 0.533. The lowest BCUT2D eigenvalue weighted by Gasteiger charge is -2.11. The van der Waals surface area contributed by atoms with E-state index in [9.17, 15) is 9.90 Å². The lowest BCUT2D eigenvalue weighted by atomic mass is 9.96. The van der Waals surface area contributed by atoms with Gasteiger partial charge >= 0.3 is 5.97 Å². The molecule has 122 valence electrons. The number of methoxy groups -OCH3 is 1. The van der Waals surface area contributed by atoms with Gasteiger partial charge in [0.05, 0.1) is 18.9 Å². The van der Waals surface area contributed by atoms with E-state index in [1.54, 1.807) is 6.07 Å². The molecule has 0 radical (unpaired) electrons. The van der Waals surface area contributed by atoms with Crippen LogP contribution in [0, 0.1) is 0 Å². The van der Waals surface area contributed by atoms with Crippen molar-refractivity contribution in [3.63, 3.8) is 0 Å². The molecule has 0 aliphatic carbocycles. The summed E-state index contributed by atoms with van der Waals surface area (Å²) in [5, 5.41) is 11.4. The standard InChI is InChI=1S/C20H17ClO3/c1-24-20(23)12-18(21)14-8-6-13(7-9-14)15-10-11-19(22)17-5-3-2-4-16(15)17/h2-11,18,22H,12H2,1H3/t18-/m0/s1. The molecule has 3 rings (SSSR count). The number of phenols is 1. The summed E-state index contributed by atoms with van der Waals surface area (Å²) in [4.78, 5) is 11.3. The number of fused-ring (bicyclic) bond motifs is 1. The second-order valence-corrected chi connectivity index (χ2v) is 6.07. The van der Waals surface area contributed by atoms with Crippen molar-refractivity contribution in [1.82, 2.24) is 0 Å². The minimum absolute atomic E-state index is 0.138. The number of ether oxygens (including phenoxy) is 1. The molecule has 0 aliphatic heterocycles. The van der Waals surface area contributed by atoms with Crippen LogP contribution in [0.2, 0.25) is 0 Å². The maximum Gasteiger partial charge on any atom is 0.307 e. The maximum absolute atomic E-state index is 11.3. The first-order chi connectivity index (χ1) is 11.6. The first-order valence-corrected chi connectivity index (χ1v) is 8.05. The van der Waals surface area contributed by atoms with E-state index in [0.717, 1.165) is 27.5 Å². The molecule has 0 heterocycles. The summed E-state index contributed by atoms with van der Waals surface area (Å²) < 4.78 is 4.65. The van der Waals surface area contributed by atoms with Crippen LogP contribution in [0.5, 0.6) is 5.75 Å². The van der Waals surface area contributed by atoms with Gasteiger partial charge in [-0.25, -0.2) is 0 Å². The summed E-state index contributed by atoms with van der Waals surface area (Å²) >= 11 is 6.26. The van der Waals surface area contributed by atoms with Gasteiger partial charge < -0.3 is 9.84 Å². The number of esters is 1. The molecule has 0 saturated carbocycles. The van der Waals surface area contributed by atoms with Crippen LogP contribution >= 0.6 is 11.6 Å². The van der Waals surface area contributed by atoms with Gasteiger partial charge in [-0.2, -0.15) is 0 Å². The molecule has 3 aromatic carbocycles. The zero-order valence-electron chi connectivity index (χ0n) is 13.2. The predicted octanol–water partition coefficient (Wildman–Crippen LogP) is 5.06. The van der Waals surface area contributed by atoms with Crippen molar-refractivity contribution >= 4 is 28.3 Å². The van der Waals surface area contributed by atoms with Crippen molar-refractivity contribution in [3.05, 3.63) is 66.2 Å². The first kappa shape index (κ1) is 16.3. The highest BCUT2D eigenvalue weighted by Crippen LogP contribution is 2.34. The van der Waals surface area contributed by atoms with Crippen LogP contribution in [0.25, 0.3) is 21.9 Å². The average molecular weight is 341 g/mol. The molecule has 0 spiro atoms. The van der Waals surface area contributed by atoms with E-state index >= 15 is 0 Å². The lowest BCUT2D eigenvalue weighted by molar-refractivity contribution is -0.140. The first-order valence-electron chi connectivity index (χ1n) is 7.62. The zero-order chi connectivity index (χ0) is 17.1. The Morgan fingerprint density at radius 1 is 1.04 bits per heavy atom. The van der Waals surface area contributed by atoms with Crippen LogP contribution in [0.3, 0.4) is 0 Å². The third-order valence-corrected chi connectivity index (χ3v) is 4.46. The second-order valence-electron chi connectivity index (χ2n) is 5.55. The van der Waals surface area contributed by atoms with Crippen LogP contribution < -0.4 is 0 Å². The van der Waals surface area contributed by atoms with Crippen molar-refractivity contribution < 1.29 is 14.6 Å². The molecule has 0 saturated heterocycles. The summed E-state index contributed by atoms with van der Waals surface area (Å²) in [6.07, 6.45) is 0.138. The van der Waals surface area contributed by atoms with E-state index in [1.807, 2.05) is 54.6 Å². The highest BCUT2D eigenvalue weighted by molar-refractivity contribution is 6.21. The Hall–Kier alpha value is -2.52. The topological polar surface area (TPSA) is 46.5 Å². The van der Waals surface area contributed by atoms with Crippen molar-refractivity contribution in [2.75, 3.05) is 7.11 Å². The summed E-state index contributed by atoms with van der Waals surface area (Å²) in [6.45, 7) is 0. The Kier molecular flexibility index (Phi) is 4.72. The molecule has 1 N–H and O–H groups in total. The lowest BCUT2D eigenvalue weighted by Crippen LogP contribution is -2.04. The van der Waals surface area contributed by atoms with Crippen LogP contribution in [0.1, 0.15) is 17.4 Å². The summed E-state index contributed by atoms with van der Waals surface area (Å²) in [5.41, 5.74) is 2.93. The fraction of sp³-hybridized carbons (Fsp3) is 0.150. The smallest absolute Gasteiger partial charge is 0.307 e. The van der Waals surface area contributed by atoms with Gasteiger partial charge in [-0.05, 0) is 28.1 Å². The molecule has 0 unspecified atom stereocenters. The summed E-state index contributed by atoms with van der Waals surface area (Å²) in [5.74, 6) is -0.0616. The third-order valence-electron chi connectivity index (χ3n) is 4.06. The monoisotopic (exact) mass is 340 g/mol. The highest BCUT2D eigenvalue weighted by Gasteiger charge is 2.14. The van der Waals surface area contributed by atoms with Crippen LogP contribution in [0.15, 0.2) is 60.7 Å². The van der Waals surface area contributed by atoms with E-state index < -0.39 is 5.38 Å². The van der Waals surface area contributed by atoms with Crippen LogP contribution in [0.4, 0.5) is 0 Å². The number of carbonyl (C=O) groups excluding carboxylic acids is 1. The van der Waals surface area contributed by atoms with Gasteiger partial charge in [-0.1, -0.05) is 54.6 Å². The van der Waals surface area contributed by atoms with Gasteiger partial charge in [0.25, 0.3) is 0 Å². The van der Waals surface area contributed by atoms with Gasteiger partial charge in [-0.3, -0.25) is 4.79 Å². The molecule has 3 nitrogen and oxygen atoms in total. The minimum Gasteiger partial charge on any atom is -0.507 e. The number of alkyl halides is 1. The zero-order valence-corrected chi connectivity index (χ0v) is 14.0. The number of aromatic hydroxyl groups is 1. The van der Waals surface area contributed by atoms with Gasteiger partial charge in [0, 0.05) is 5.39 Å². The van der Waals surface area contributed by atoms with Gasteiger partial charge in [0.2, 0.25) is 0 Å². The molecule has 3 aromatic rings. The van der Waals surface area contributed by atoms with E-state index in [2.05, 4.69) is 4.74 Å². The Morgan fingerprint density at radius 3 is 2.38 bits per heavy atom. The molecule has 0 fully saturated rings. The van der Waals surface area contributed by atoms with Gasteiger partial charge in [-0.15, -0.1) is 11.6 Å². The van der Waals surface area contributed by atoms with Crippen molar-refractivity contribution in [2.45, 2.75) is 11.8 Å². The normalized spacial score (nSPS) is 12.1. The molecule has 0 amide bonds. The molecule has 1 atom stereocenters. The van der Waals surface area contributed by atoms with Crippen LogP contribution in [-0.4, -0.2) is 18.2 Å². The SMILES string of the molecule is COC(=O)C[C@H](Cl)c1ccc(-c2ccc(O)c3ccccc23)cc1. The number of hydrogen-bond donors (Lipinski definition) is 1. The molecular formula is C20H17ClO3. The Morgan fingerprint density at radius 2 is 1.71 bits per heavy atom. The van der Waals surface area contributed by atoms with Crippen molar-refractivity contribution in [2.24, 2.45) is 0 Å². The van der Waals surface area contributed by atoms with Gasteiger partial charge in [0.1, 0.15) is 5.75 Å². The van der Waals surface area contributed by atoms with E-state index in [1.165, 1.54) is 7.11 Å². The molecule has 0 bridgehead atoms. The maximum atomic E-state index is 11.3. The molecule has 0 aliphatic rings. The fourth-order valence-electron chi connectivity index (χ4n) is 2.75. The third kappa shape index (κ3) is 3.22. The molecule has 4 heteroatoms. The Bertz CT molecular complexity index is 872. The number of hydrogen-bond acceptors (Lipinski definition) is 3. The second kappa shape index (κ2) is 6.93. The number of rotatable bonds is 4.